The summed E-state index contributed by atoms with van der Waals surface area (Å²) in [5.74, 6) is 0.115. The van der Waals surface area contributed by atoms with Crippen LogP contribution in [0, 0.1) is 0 Å². The molecule has 5 heteroatoms. The van der Waals surface area contributed by atoms with Crippen LogP contribution in [0.5, 0.6) is 5.75 Å². The molecule has 1 N–H and O–H groups in total. The molecule has 0 saturated carbocycles. The first-order valence-corrected chi connectivity index (χ1v) is 5.95. The van der Waals surface area contributed by atoms with Gasteiger partial charge < -0.3 is 14.4 Å². The van der Waals surface area contributed by atoms with Crippen LogP contribution in [0.4, 0.5) is 0 Å². The number of aromatic carboxylic acids is 1. The fourth-order valence-electron chi connectivity index (χ4n) is 2.02. The van der Waals surface area contributed by atoms with E-state index in [9.17, 15) is 4.79 Å². The maximum Gasteiger partial charge on any atom is 0.358 e. The lowest BCUT2D eigenvalue weighted by Gasteiger charge is -2.03. The van der Waals surface area contributed by atoms with Crippen molar-refractivity contribution in [1.29, 1.82) is 0 Å². The zero-order valence-corrected chi connectivity index (χ0v) is 10.7. The summed E-state index contributed by atoms with van der Waals surface area (Å²) >= 11 is 0. The third-order valence-electron chi connectivity index (χ3n) is 3.06. The molecule has 3 aromatic rings. The van der Waals surface area contributed by atoms with Crippen molar-refractivity contribution < 1.29 is 19.2 Å². The van der Waals surface area contributed by atoms with Crippen LogP contribution < -0.4 is 4.74 Å². The smallest absolute Gasteiger partial charge is 0.358 e. The average Bonchev–Trinajstić information content (AvgIpc) is 2.96. The van der Waals surface area contributed by atoms with E-state index < -0.39 is 5.97 Å². The molecule has 0 aliphatic heterocycles. The number of aromatic nitrogens is 1. The van der Waals surface area contributed by atoms with Gasteiger partial charge in [0.1, 0.15) is 5.75 Å². The Morgan fingerprint density at radius 1 is 1.15 bits per heavy atom. The quantitative estimate of drug-likeness (QED) is 0.790. The number of ether oxygens (including phenoxy) is 1. The lowest BCUT2D eigenvalue weighted by molar-refractivity contribution is 0.0686. The molecule has 1 aromatic heterocycles. The van der Waals surface area contributed by atoms with E-state index in [0.717, 1.165) is 22.1 Å². The first-order valence-electron chi connectivity index (χ1n) is 5.95. The minimum absolute atomic E-state index is 0.102. The zero-order valence-electron chi connectivity index (χ0n) is 10.7. The van der Waals surface area contributed by atoms with Gasteiger partial charge in [0.05, 0.1) is 7.11 Å². The van der Waals surface area contributed by atoms with E-state index in [1.54, 1.807) is 7.11 Å². The molecule has 0 amide bonds. The van der Waals surface area contributed by atoms with Crippen LogP contribution in [0.2, 0.25) is 0 Å². The number of hydrogen-bond donors (Lipinski definition) is 1. The predicted molar refractivity (Wildman–Crippen MR) is 73.0 cm³/mol. The number of methoxy groups -OCH3 is 1. The van der Waals surface area contributed by atoms with Gasteiger partial charge in [0, 0.05) is 11.6 Å². The summed E-state index contributed by atoms with van der Waals surface area (Å²) in [5.41, 5.74) is 0.678. The van der Waals surface area contributed by atoms with Gasteiger partial charge in [0.15, 0.2) is 11.5 Å². The van der Waals surface area contributed by atoms with Gasteiger partial charge in [0.2, 0.25) is 0 Å². The van der Waals surface area contributed by atoms with Crippen molar-refractivity contribution in [2.75, 3.05) is 7.11 Å². The van der Waals surface area contributed by atoms with Crippen LogP contribution in [-0.2, 0) is 0 Å². The number of nitrogens with zero attached hydrogens (tertiary/aromatic N) is 1. The standard InChI is InChI=1S/C15H11NO4/c1-19-12-5-4-9-6-11(3-2-10(9)7-12)14-8-13(15(17)18)16-20-14/h2-8H,1H3,(H,17,18). The Bertz CT molecular complexity index is 791. The maximum absolute atomic E-state index is 10.8. The predicted octanol–water partition coefficient (Wildman–Crippen LogP) is 3.20. The minimum atomic E-state index is -1.11. The molecule has 0 unspecified atom stereocenters. The lowest BCUT2D eigenvalue weighted by atomic mass is 10.1. The Labute approximate surface area is 114 Å². The summed E-state index contributed by atoms with van der Waals surface area (Å²) in [7, 11) is 1.62. The summed E-state index contributed by atoms with van der Waals surface area (Å²) in [5, 5.41) is 14.4. The molecule has 0 fully saturated rings. The van der Waals surface area contributed by atoms with Gasteiger partial charge in [-0.2, -0.15) is 0 Å². The first kappa shape index (κ1) is 12.2. The van der Waals surface area contributed by atoms with E-state index in [1.165, 1.54) is 6.07 Å². The van der Waals surface area contributed by atoms with Gasteiger partial charge in [0.25, 0.3) is 0 Å². The second-order valence-corrected chi connectivity index (χ2v) is 4.31. The monoisotopic (exact) mass is 269 g/mol. The van der Waals surface area contributed by atoms with Crippen molar-refractivity contribution in [1.82, 2.24) is 5.16 Å². The molecule has 0 aliphatic carbocycles. The molecular formula is C15H11NO4. The Morgan fingerprint density at radius 3 is 2.60 bits per heavy atom. The molecule has 3 rings (SSSR count). The summed E-state index contributed by atoms with van der Waals surface area (Å²) in [4.78, 5) is 10.8. The van der Waals surface area contributed by atoms with Crippen molar-refractivity contribution in [3.63, 3.8) is 0 Å². The van der Waals surface area contributed by atoms with Crippen LogP contribution in [0.3, 0.4) is 0 Å². The molecule has 2 aromatic carbocycles. The molecule has 100 valence electrons. The number of benzene rings is 2. The highest BCUT2D eigenvalue weighted by atomic mass is 16.5. The van der Waals surface area contributed by atoms with Crippen LogP contribution in [-0.4, -0.2) is 23.3 Å². The SMILES string of the molecule is COc1ccc2cc(-c3cc(C(=O)O)no3)ccc2c1. The molecular weight excluding hydrogens is 258 g/mol. The zero-order chi connectivity index (χ0) is 14.1. The Hall–Kier alpha value is -2.82. The summed E-state index contributed by atoms with van der Waals surface area (Å²) < 4.78 is 10.2. The van der Waals surface area contributed by atoms with Crippen molar-refractivity contribution in [2.45, 2.75) is 0 Å². The molecule has 0 saturated heterocycles. The molecule has 1 heterocycles. The lowest BCUT2D eigenvalue weighted by Crippen LogP contribution is -1.94. The van der Waals surface area contributed by atoms with Crippen molar-refractivity contribution in [2.24, 2.45) is 0 Å². The van der Waals surface area contributed by atoms with Crippen molar-refractivity contribution in [3.8, 4) is 17.1 Å². The Kier molecular flexibility index (Phi) is 2.87. The minimum Gasteiger partial charge on any atom is -0.497 e. The van der Waals surface area contributed by atoms with Crippen LogP contribution in [0.1, 0.15) is 10.5 Å². The molecule has 0 aliphatic rings. The highest BCUT2D eigenvalue weighted by Gasteiger charge is 2.12. The van der Waals surface area contributed by atoms with Gasteiger partial charge in [-0.15, -0.1) is 0 Å². The van der Waals surface area contributed by atoms with E-state index in [1.807, 2.05) is 36.4 Å². The van der Waals surface area contributed by atoms with Gasteiger partial charge in [-0.1, -0.05) is 23.4 Å². The largest absolute Gasteiger partial charge is 0.497 e. The molecule has 5 nitrogen and oxygen atoms in total. The van der Waals surface area contributed by atoms with E-state index in [0.29, 0.717) is 5.76 Å². The highest BCUT2D eigenvalue weighted by molar-refractivity contribution is 5.89. The number of hydrogen-bond acceptors (Lipinski definition) is 4. The normalized spacial score (nSPS) is 10.7. The molecule has 0 bridgehead atoms. The highest BCUT2D eigenvalue weighted by Crippen LogP contribution is 2.27. The van der Waals surface area contributed by atoms with Crippen LogP contribution in [0.15, 0.2) is 47.0 Å². The van der Waals surface area contributed by atoms with Crippen molar-refractivity contribution in [3.05, 3.63) is 48.2 Å². The first-order chi connectivity index (χ1) is 9.67. The third-order valence-corrected chi connectivity index (χ3v) is 3.06. The Morgan fingerprint density at radius 2 is 1.90 bits per heavy atom. The summed E-state index contributed by atoms with van der Waals surface area (Å²) in [6.45, 7) is 0. The second kappa shape index (κ2) is 4.70. The molecule has 0 radical (unpaired) electrons. The van der Waals surface area contributed by atoms with Crippen LogP contribution >= 0.6 is 0 Å². The maximum atomic E-state index is 10.8. The summed E-state index contributed by atoms with van der Waals surface area (Å²) in [6.07, 6.45) is 0. The van der Waals surface area contributed by atoms with Crippen LogP contribution in [0.25, 0.3) is 22.1 Å². The second-order valence-electron chi connectivity index (χ2n) is 4.31. The number of carbonyl (C=O) groups is 1. The third kappa shape index (κ3) is 2.09. The topological polar surface area (TPSA) is 72.6 Å². The van der Waals surface area contributed by atoms with Crippen molar-refractivity contribution >= 4 is 16.7 Å². The van der Waals surface area contributed by atoms with Gasteiger partial charge in [-0.3, -0.25) is 0 Å². The molecule has 0 atom stereocenters. The van der Waals surface area contributed by atoms with E-state index in [4.69, 9.17) is 14.4 Å². The van der Waals surface area contributed by atoms with E-state index >= 15 is 0 Å². The molecule has 20 heavy (non-hydrogen) atoms. The Balaban J connectivity index is 2.05. The van der Waals surface area contributed by atoms with Gasteiger partial charge in [-0.25, -0.2) is 4.79 Å². The average molecular weight is 269 g/mol. The molecule has 0 spiro atoms. The van der Waals surface area contributed by atoms with Gasteiger partial charge >= 0.3 is 5.97 Å². The van der Waals surface area contributed by atoms with E-state index in [-0.39, 0.29) is 5.69 Å². The van der Waals surface area contributed by atoms with Gasteiger partial charge in [-0.05, 0) is 29.0 Å². The number of carboxylic acids is 1. The fourth-order valence-corrected chi connectivity index (χ4v) is 2.02. The number of fused-ring (bicyclic) bond motifs is 1. The fraction of sp³-hybridized carbons (Fsp3) is 0.0667. The van der Waals surface area contributed by atoms with E-state index in [2.05, 4.69) is 5.16 Å². The summed E-state index contributed by atoms with van der Waals surface area (Å²) in [6, 6.07) is 12.8. The number of carboxylic acid groups (broad SMARTS) is 1. The number of rotatable bonds is 3.